The Balaban J connectivity index is 2.74. The van der Waals surface area contributed by atoms with Gasteiger partial charge in [-0.1, -0.05) is 11.6 Å². The van der Waals surface area contributed by atoms with Gasteiger partial charge in [-0.15, -0.1) is 0 Å². The van der Waals surface area contributed by atoms with Crippen molar-refractivity contribution in [2.75, 3.05) is 0 Å². The van der Waals surface area contributed by atoms with E-state index in [-0.39, 0.29) is 5.56 Å². The van der Waals surface area contributed by atoms with Crippen molar-refractivity contribution in [2.45, 2.75) is 13.8 Å². The van der Waals surface area contributed by atoms with E-state index in [2.05, 4.69) is 0 Å². The first-order chi connectivity index (χ1) is 8.00. The zero-order valence-electron chi connectivity index (χ0n) is 9.53. The van der Waals surface area contributed by atoms with E-state index in [4.69, 9.17) is 11.6 Å². The van der Waals surface area contributed by atoms with Crippen molar-refractivity contribution >= 4 is 17.6 Å². The van der Waals surface area contributed by atoms with Gasteiger partial charge in [-0.3, -0.25) is 0 Å². The molecule has 0 amide bonds. The molecule has 17 heavy (non-hydrogen) atoms. The van der Waals surface area contributed by atoms with Crippen molar-refractivity contribution in [2.24, 2.45) is 0 Å². The predicted octanol–water partition coefficient (Wildman–Crippen LogP) is 2.11. The molecule has 0 aliphatic heterocycles. The Morgan fingerprint density at radius 2 is 1.76 bits per heavy atom. The molecule has 0 atom stereocenters. The van der Waals surface area contributed by atoms with Crippen LogP contribution in [0, 0.1) is 13.8 Å². The summed E-state index contributed by atoms with van der Waals surface area (Å²) in [5.74, 6) is -1.20. The molecule has 2 rings (SSSR count). The fraction of sp³-hybridized carbons (Fsp3) is 0.154. The highest BCUT2D eigenvalue weighted by atomic mass is 35.5. The van der Waals surface area contributed by atoms with Crippen molar-refractivity contribution in [3.8, 4) is 5.69 Å². The molecule has 2 aromatic rings. The highest BCUT2D eigenvalue weighted by molar-refractivity contribution is 6.30. The van der Waals surface area contributed by atoms with Crippen LogP contribution in [-0.4, -0.2) is 10.5 Å². The first-order valence-corrected chi connectivity index (χ1v) is 5.54. The smallest absolute Gasteiger partial charge is 0.0736 e. The Bertz CT molecular complexity index is 568. The third-order valence-electron chi connectivity index (χ3n) is 2.69. The number of nitrogens with zero attached hydrogens (tertiary/aromatic N) is 1. The van der Waals surface area contributed by atoms with E-state index >= 15 is 0 Å². The van der Waals surface area contributed by atoms with Gasteiger partial charge in [0.05, 0.1) is 11.7 Å². The van der Waals surface area contributed by atoms with Crippen LogP contribution in [-0.2, 0) is 0 Å². The highest BCUT2D eigenvalue weighted by Gasteiger charge is 2.10. The summed E-state index contributed by atoms with van der Waals surface area (Å²) in [5, 5.41) is 11.6. The summed E-state index contributed by atoms with van der Waals surface area (Å²) in [5.41, 5.74) is 2.58. The standard InChI is InChI=1S/C13H12ClNO2/c1-8-3-4-9(2)15(8)12-7-10(14)5-6-11(12)13(16)17/h3-7H,1-2H3,(H,16,17)/p-1. The minimum absolute atomic E-state index is 0.136. The first-order valence-electron chi connectivity index (χ1n) is 5.17. The van der Waals surface area contributed by atoms with Crippen molar-refractivity contribution in [3.05, 3.63) is 52.3 Å². The summed E-state index contributed by atoms with van der Waals surface area (Å²) in [6.45, 7) is 3.82. The fourth-order valence-electron chi connectivity index (χ4n) is 1.91. The van der Waals surface area contributed by atoms with E-state index in [0.717, 1.165) is 11.4 Å². The van der Waals surface area contributed by atoms with E-state index < -0.39 is 5.97 Å². The second-order valence-corrected chi connectivity index (χ2v) is 4.34. The summed E-state index contributed by atoms with van der Waals surface area (Å²) in [7, 11) is 0. The molecule has 0 aliphatic carbocycles. The van der Waals surface area contributed by atoms with E-state index in [1.807, 2.05) is 30.5 Å². The number of rotatable bonds is 2. The first kappa shape index (κ1) is 11.7. The van der Waals surface area contributed by atoms with Crippen LogP contribution in [0.4, 0.5) is 0 Å². The number of carboxylic acid groups (broad SMARTS) is 1. The van der Waals surface area contributed by atoms with E-state index in [9.17, 15) is 9.90 Å². The number of carbonyl (C=O) groups excluding carboxylic acids is 1. The van der Waals surface area contributed by atoms with Gasteiger partial charge in [0.15, 0.2) is 0 Å². The third kappa shape index (κ3) is 2.06. The second kappa shape index (κ2) is 4.26. The van der Waals surface area contributed by atoms with Gasteiger partial charge in [-0.25, -0.2) is 0 Å². The monoisotopic (exact) mass is 248 g/mol. The Labute approximate surface area is 104 Å². The summed E-state index contributed by atoms with van der Waals surface area (Å²) in [6, 6.07) is 8.49. The summed E-state index contributed by atoms with van der Waals surface area (Å²) < 4.78 is 1.84. The molecule has 1 aromatic carbocycles. The lowest BCUT2D eigenvalue weighted by Gasteiger charge is -2.15. The second-order valence-electron chi connectivity index (χ2n) is 3.90. The maximum absolute atomic E-state index is 11.1. The number of hydrogen-bond donors (Lipinski definition) is 0. The van der Waals surface area contributed by atoms with Crippen molar-refractivity contribution in [1.29, 1.82) is 0 Å². The van der Waals surface area contributed by atoms with Crippen LogP contribution >= 0.6 is 11.6 Å². The SMILES string of the molecule is Cc1ccc(C)n1-c1cc(Cl)ccc1C(=O)[O-]. The van der Waals surface area contributed by atoms with Gasteiger partial charge in [0.1, 0.15) is 0 Å². The molecule has 0 spiro atoms. The van der Waals surface area contributed by atoms with Crippen LogP contribution in [0.1, 0.15) is 21.7 Å². The van der Waals surface area contributed by atoms with Gasteiger partial charge in [-0.05, 0) is 44.2 Å². The Morgan fingerprint density at radius 1 is 1.18 bits per heavy atom. The number of benzene rings is 1. The maximum Gasteiger partial charge on any atom is 0.0736 e. The molecular formula is C13H11ClNO2-. The Kier molecular flexibility index (Phi) is 2.94. The zero-order chi connectivity index (χ0) is 12.6. The lowest BCUT2D eigenvalue weighted by atomic mass is 10.1. The number of hydrogen-bond acceptors (Lipinski definition) is 2. The molecule has 3 nitrogen and oxygen atoms in total. The minimum Gasteiger partial charge on any atom is -0.545 e. The lowest BCUT2D eigenvalue weighted by Crippen LogP contribution is -2.24. The topological polar surface area (TPSA) is 45.1 Å². The molecule has 0 fully saturated rings. The average molecular weight is 249 g/mol. The van der Waals surface area contributed by atoms with Crippen LogP contribution in [0.5, 0.6) is 0 Å². The van der Waals surface area contributed by atoms with Gasteiger partial charge in [0, 0.05) is 22.0 Å². The molecule has 4 heteroatoms. The largest absolute Gasteiger partial charge is 0.545 e. The number of aryl methyl sites for hydroxylation is 2. The minimum atomic E-state index is -1.20. The summed E-state index contributed by atoms with van der Waals surface area (Å²) >= 11 is 5.92. The predicted molar refractivity (Wildman–Crippen MR) is 64.6 cm³/mol. The Morgan fingerprint density at radius 3 is 2.29 bits per heavy atom. The number of halogens is 1. The zero-order valence-corrected chi connectivity index (χ0v) is 10.3. The molecule has 0 radical (unpaired) electrons. The van der Waals surface area contributed by atoms with Gasteiger partial charge < -0.3 is 14.5 Å². The molecule has 0 unspecified atom stereocenters. The van der Waals surface area contributed by atoms with Crippen LogP contribution in [0.3, 0.4) is 0 Å². The molecule has 0 aliphatic rings. The number of aromatic nitrogens is 1. The van der Waals surface area contributed by atoms with Crippen molar-refractivity contribution < 1.29 is 9.90 Å². The van der Waals surface area contributed by atoms with E-state index in [0.29, 0.717) is 10.7 Å². The van der Waals surface area contributed by atoms with Gasteiger partial charge >= 0.3 is 0 Å². The molecular weight excluding hydrogens is 238 g/mol. The maximum atomic E-state index is 11.1. The molecule has 0 saturated heterocycles. The fourth-order valence-corrected chi connectivity index (χ4v) is 2.08. The van der Waals surface area contributed by atoms with Crippen molar-refractivity contribution in [3.63, 3.8) is 0 Å². The molecule has 88 valence electrons. The van der Waals surface area contributed by atoms with Crippen molar-refractivity contribution in [1.82, 2.24) is 4.57 Å². The number of carbonyl (C=O) groups is 1. The van der Waals surface area contributed by atoms with Crippen LogP contribution in [0.15, 0.2) is 30.3 Å². The molecule has 0 bridgehead atoms. The van der Waals surface area contributed by atoms with Crippen LogP contribution < -0.4 is 5.11 Å². The summed E-state index contributed by atoms with van der Waals surface area (Å²) in [6.07, 6.45) is 0. The van der Waals surface area contributed by atoms with Crippen LogP contribution in [0.25, 0.3) is 5.69 Å². The number of aromatic carboxylic acids is 1. The Hall–Kier alpha value is -1.74. The van der Waals surface area contributed by atoms with Crippen LogP contribution in [0.2, 0.25) is 5.02 Å². The van der Waals surface area contributed by atoms with Gasteiger partial charge in [-0.2, -0.15) is 0 Å². The highest BCUT2D eigenvalue weighted by Crippen LogP contribution is 2.23. The molecule has 1 aromatic heterocycles. The van der Waals surface area contributed by atoms with E-state index in [1.165, 1.54) is 6.07 Å². The van der Waals surface area contributed by atoms with Gasteiger partial charge in [0.2, 0.25) is 0 Å². The molecule has 0 N–H and O–H groups in total. The quantitative estimate of drug-likeness (QED) is 0.817. The molecule has 0 saturated carbocycles. The third-order valence-corrected chi connectivity index (χ3v) is 2.93. The lowest BCUT2D eigenvalue weighted by molar-refractivity contribution is -0.255. The average Bonchev–Trinajstić information content (AvgIpc) is 2.58. The summed E-state index contributed by atoms with van der Waals surface area (Å²) in [4.78, 5) is 11.1. The molecule has 1 heterocycles. The van der Waals surface area contributed by atoms with Gasteiger partial charge in [0.25, 0.3) is 0 Å². The normalized spacial score (nSPS) is 10.5. The number of carboxylic acids is 1. The van der Waals surface area contributed by atoms with E-state index in [1.54, 1.807) is 12.1 Å².